The molecule has 2 aliphatic heterocycles. The van der Waals surface area contributed by atoms with Crippen LogP contribution in [-0.2, 0) is 53.2 Å². The number of sulfone groups is 2. The lowest BCUT2D eigenvalue weighted by Crippen LogP contribution is -2.32. The Balaban J connectivity index is 0.000000152. The summed E-state index contributed by atoms with van der Waals surface area (Å²) in [7, 11) is -6.80. The van der Waals surface area contributed by atoms with Crippen LogP contribution in [0.5, 0.6) is 0 Å². The number of hydrogen-bond donors (Lipinski definition) is 0. The molecule has 10 nitrogen and oxygen atoms in total. The van der Waals surface area contributed by atoms with E-state index in [0.29, 0.717) is 49.7 Å². The van der Waals surface area contributed by atoms with Crippen molar-refractivity contribution in [2.45, 2.75) is 84.8 Å². The van der Waals surface area contributed by atoms with Gasteiger partial charge in [-0.05, 0) is 120 Å². The van der Waals surface area contributed by atoms with Gasteiger partial charge in [0.2, 0.25) is 11.8 Å². The Kier molecular flexibility index (Phi) is 11.1. The molecule has 6 aliphatic rings. The van der Waals surface area contributed by atoms with Crippen LogP contribution in [0, 0.1) is 11.6 Å². The number of fused-ring (bicyclic) bond motifs is 4. The van der Waals surface area contributed by atoms with Gasteiger partial charge >= 0.3 is 0 Å². The molecule has 4 fully saturated rings. The van der Waals surface area contributed by atoms with E-state index >= 15 is 0 Å². The Morgan fingerprint density at radius 1 is 0.500 bits per heavy atom. The highest BCUT2D eigenvalue weighted by Crippen LogP contribution is 2.67. The molecule has 2 amide bonds. The van der Waals surface area contributed by atoms with Gasteiger partial charge in [0.25, 0.3) is 0 Å². The first-order valence-electron chi connectivity index (χ1n) is 23.6. The SMILES string of the molecule is O=C(CS(=O)(=O)C1CC1)c1cccc(CN2C(=O)[C@@]3(C[C@H]3c3ccc(F)cc3)c3ccccc32)c1.O=C(CS(=O)(=O)C1CC1)c1cccc(CN2C(=O)[C@]3(C[C@@H]3c3ccc(F)cc3)c3ccccc32)c1. The molecular formula is C56H48F2N2O8S2. The number of anilines is 2. The van der Waals surface area contributed by atoms with E-state index in [2.05, 4.69) is 0 Å². The van der Waals surface area contributed by atoms with E-state index in [9.17, 15) is 44.8 Å². The fraction of sp³-hybridized carbons (Fsp3) is 0.286. The largest absolute Gasteiger partial charge is 0.307 e. The fourth-order valence-corrected chi connectivity index (χ4v) is 14.1. The molecule has 0 N–H and O–H groups in total. The molecule has 2 spiro atoms. The predicted molar refractivity (Wildman–Crippen MR) is 261 cm³/mol. The second-order valence-electron chi connectivity index (χ2n) is 19.6. The number of benzene rings is 6. The van der Waals surface area contributed by atoms with Gasteiger partial charge < -0.3 is 9.80 Å². The van der Waals surface area contributed by atoms with Crippen molar-refractivity contribution in [3.05, 3.63) is 202 Å². The van der Waals surface area contributed by atoms with Crippen LogP contribution in [0.25, 0.3) is 0 Å². The molecule has 0 saturated heterocycles. The number of carbonyl (C=O) groups is 4. The molecule has 6 aromatic carbocycles. The van der Waals surface area contributed by atoms with E-state index in [1.807, 2.05) is 60.7 Å². The third kappa shape index (κ3) is 8.18. The van der Waals surface area contributed by atoms with Crippen molar-refractivity contribution >= 4 is 54.4 Å². The van der Waals surface area contributed by atoms with Gasteiger partial charge in [-0.1, -0.05) is 97.1 Å². The lowest BCUT2D eigenvalue weighted by Gasteiger charge is -2.19. The molecule has 4 saturated carbocycles. The van der Waals surface area contributed by atoms with Crippen molar-refractivity contribution in [2.75, 3.05) is 21.3 Å². The van der Waals surface area contributed by atoms with Crippen molar-refractivity contribution in [1.29, 1.82) is 0 Å². The second kappa shape index (κ2) is 17.0. The van der Waals surface area contributed by atoms with Crippen molar-refractivity contribution in [1.82, 2.24) is 0 Å². The number of amides is 2. The third-order valence-electron chi connectivity index (χ3n) is 15.0. The Morgan fingerprint density at radius 3 is 1.24 bits per heavy atom. The van der Waals surface area contributed by atoms with Gasteiger partial charge in [0.15, 0.2) is 31.2 Å². The van der Waals surface area contributed by atoms with Crippen LogP contribution in [0.4, 0.5) is 20.2 Å². The van der Waals surface area contributed by atoms with Crippen LogP contribution in [0.1, 0.15) is 104 Å². The minimum Gasteiger partial charge on any atom is -0.307 e. The summed E-state index contributed by atoms with van der Waals surface area (Å²) in [6, 6.07) is 42.0. The van der Waals surface area contributed by atoms with Crippen molar-refractivity contribution in [2.24, 2.45) is 0 Å². The Hall–Kier alpha value is -6.64. The molecule has 12 rings (SSSR count). The maximum Gasteiger partial charge on any atom is 0.238 e. The second-order valence-corrected chi connectivity index (χ2v) is 24.2. The zero-order chi connectivity index (χ0) is 48.7. The Bertz CT molecular complexity index is 3150. The van der Waals surface area contributed by atoms with Gasteiger partial charge in [0, 0.05) is 34.3 Å². The molecule has 0 unspecified atom stereocenters. The summed E-state index contributed by atoms with van der Waals surface area (Å²) in [5, 5.41) is -0.755. The first kappa shape index (κ1) is 45.8. The molecule has 0 aromatic heterocycles. The van der Waals surface area contributed by atoms with Gasteiger partial charge in [0.05, 0.1) is 34.4 Å². The third-order valence-corrected chi connectivity index (χ3v) is 19.3. The van der Waals surface area contributed by atoms with E-state index in [4.69, 9.17) is 0 Å². The van der Waals surface area contributed by atoms with Crippen molar-refractivity contribution in [3.8, 4) is 0 Å². The van der Waals surface area contributed by atoms with E-state index < -0.39 is 53.6 Å². The highest BCUT2D eigenvalue weighted by Gasteiger charge is 2.68. The summed E-state index contributed by atoms with van der Waals surface area (Å²) < 4.78 is 76.0. The van der Waals surface area contributed by atoms with E-state index in [1.54, 1.807) is 70.5 Å². The summed E-state index contributed by atoms with van der Waals surface area (Å²) in [5.41, 5.74) is 6.43. The molecular weight excluding hydrogens is 931 g/mol. The maximum atomic E-state index is 13.8. The lowest BCUT2D eigenvalue weighted by molar-refractivity contribution is -0.121. The zero-order valence-electron chi connectivity index (χ0n) is 38.0. The van der Waals surface area contributed by atoms with E-state index in [1.165, 1.54) is 24.3 Å². The van der Waals surface area contributed by atoms with Gasteiger partial charge in [-0.15, -0.1) is 0 Å². The molecule has 2 heterocycles. The molecule has 0 radical (unpaired) electrons. The number of hydrogen-bond acceptors (Lipinski definition) is 8. The topological polar surface area (TPSA) is 143 Å². The highest BCUT2D eigenvalue weighted by atomic mass is 32.2. The molecule has 4 atom stereocenters. The van der Waals surface area contributed by atoms with E-state index in [-0.39, 0.29) is 58.9 Å². The zero-order valence-corrected chi connectivity index (χ0v) is 39.6. The van der Waals surface area contributed by atoms with Crippen LogP contribution < -0.4 is 9.80 Å². The molecule has 6 aromatic rings. The summed E-state index contributed by atoms with van der Waals surface area (Å²) in [4.78, 5) is 56.5. The minimum atomic E-state index is -3.40. The fourth-order valence-electron chi connectivity index (χ4n) is 10.9. The van der Waals surface area contributed by atoms with Crippen LogP contribution in [0.2, 0.25) is 0 Å². The van der Waals surface area contributed by atoms with Crippen LogP contribution in [0.15, 0.2) is 146 Å². The Morgan fingerprint density at radius 2 is 0.871 bits per heavy atom. The average molecular weight is 979 g/mol. The van der Waals surface area contributed by atoms with Gasteiger partial charge in [0.1, 0.15) is 23.1 Å². The number of rotatable bonds is 14. The van der Waals surface area contributed by atoms with Gasteiger partial charge in [-0.3, -0.25) is 19.2 Å². The molecule has 0 bridgehead atoms. The molecule has 4 aliphatic carbocycles. The van der Waals surface area contributed by atoms with Gasteiger partial charge in [-0.2, -0.15) is 0 Å². The van der Waals surface area contributed by atoms with E-state index in [0.717, 1.165) is 44.8 Å². The van der Waals surface area contributed by atoms with Crippen molar-refractivity contribution < 1.29 is 44.8 Å². The monoisotopic (exact) mass is 978 g/mol. The first-order valence-corrected chi connectivity index (χ1v) is 27.0. The number of ketones is 2. The maximum absolute atomic E-state index is 13.8. The number of Topliss-reactive ketones (excluding diaryl/α,β-unsaturated/α-hetero) is 2. The number of carbonyl (C=O) groups excluding carboxylic acids is 4. The van der Waals surface area contributed by atoms with Crippen LogP contribution in [-0.4, -0.2) is 62.2 Å². The van der Waals surface area contributed by atoms with Crippen LogP contribution >= 0.6 is 0 Å². The van der Waals surface area contributed by atoms with Crippen LogP contribution in [0.3, 0.4) is 0 Å². The summed E-state index contributed by atoms with van der Waals surface area (Å²) >= 11 is 0. The smallest absolute Gasteiger partial charge is 0.238 e. The number of nitrogens with zero attached hydrogens (tertiary/aromatic N) is 2. The van der Waals surface area contributed by atoms with Gasteiger partial charge in [-0.25, -0.2) is 25.6 Å². The van der Waals surface area contributed by atoms with Crippen molar-refractivity contribution in [3.63, 3.8) is 0 Å². The molecule has 70 heavy (non-hydrogen) atoms. The summed E-state index contributed by atoms with van der Waals surface area (Å²) in [5.74, 6) is -2.41. The molecule has 356 valence electrons. The normalized spacial score (nSPS) is 22.9. The highest BCUT2D eigenvalue weighted by molar-refractivity contribution is 7.93. The number of para-hydroxylation sites is 2. The standard InChI is InChI=1S/2C28H24FNO4S/c2*29-21-10-8-19(9-11-21)24-15-28(24)23-6-1-2-7-25(23)30(27(28)32)16-18-4-3-5-20(14-18)26(31)17-35(33,34)22-12-13-22/h2*1-11,14,22,24H,12-13,15-17H2/t2*24-,28-/m10/s1. The quantitative estimate of drug-likeness (QED) is 0.0985. The first-order chi connectivity index (χ1) is 33.6. The lowest BCUT2D eigenvalue weighted by atomic mass is 9.92. The number of halogens is 2. The predicted octanol–water partition coefficient (Wildman–Crippen LogP) is 9.12. The molecule has 14 heteroatoms. The summed E-state index contributed by atoms with van der Waals surface area (Å²) in [6.07, 6.45) is 3.87. The summed E-state index contributed by atoms with van der Waals surface area (Å²) in [6.45, 7) is 0.564. The average Bonchev–Trinajstić information content (AvgIpc) is 4.16. The Labute approximate surface area is 405 Å². The minimum absolute atomic E-state index is 0.000987.